The molecule has 1 rings (SSSR count). The zero-order valence-electron chi connectivity index (χ0n) is 9.37. The van der Waals surface area contributed by atoms with E-state index in [0.717, 1.165) is 15.7 Å². The fourth-order valence-electron chi connectivity index (χ4n) is 1.47. The van der Waals surface area contributed by atoms with Crippen LogP contribution in [0.15, 0.2) is 22.7 Å². The number of hydrogen-bond donors (Lipinski definition) is 3. The molecule has 0 fully saturated rings. The molecule has 1 amide bonds. The molecular formula is C11H14BrN3OS. The molecule has 92 valence electrons. The van der Waals surface area contributed by atoms with Crippen LogP contribution in [0.4, 0.5) is 5.69 Å². The van der Waals surface area contributed by atoms with Gasteiger partial charge >= 0.3 is 0 Å². The maximum Gasteiger partial charge on any atom is 0.219 e. The zero-order chi connectivity index (χ0) is 13.0. The lowest BCUT2D eigenvalue weighted by Crippen LogP contribution is -2.25. The lowest BCUT2D eigenvalue weighted by Gasteiger charge is -2.16. The molecule has 0 saturated carbocycles. The van der Waals surface area contributed by atoms with E-state index >= 15 is 0 Å². The van der Waals surface area contributed by atoms with Crippen molar-refractivity contribution < 1.29 is 4.79 Å². The van der Waals surface area contributed by atoms with Crippen molar-refractivity contribution in [2.75, 3.05) is 5.32 Å². The maximum atomic E-state index is 10.8. The quantitative estimate of drug-likeness (QED) is 0.723. The van der Waals surface area contributed by atoms with E-state index in [-0.39, 0.29) is 18.4 Å². The summed E-state index contributed by atoms with van der Waals surface area (Å²) in [6, 6.07) is 5.48. The number of rotatable bonds is 5. The van der Waals surface area contributed by atoms with Crippen molar-refractivity contribution in [1.82, 2.24) is 0 Å². The van der Waals surface area contributed by atoms with Crippen molar-refractivity contribution in [3.8, 4) is 0 Å². The summed E-state index contributed by atoms with van der Waals surface area (Å²) in [7, 11) is 0. The van der Waals surface area contributed by atoms with E-state index in [2.05, 4.69) is 21.2 Å². The molecule has 1 atom stereocenters. The molecule has 1 aromatic carbocycles. The maximum absolute atomic E-state index is 10.8. The van der Waals surface area contributed by atoms with Gasteiger partial charge in [-0.1, -0.05) is 28.1 Å². The van der Waals surface area contributed by atoms with E-state index in [0.29, 0.717) is 4.99 Å². The van der Waals surface area contributed by atoms with Crippen LogP contribution in [0.2, 0.25) is 0 Å². The summed E-state index contributed by atoms with van der Waals surface area (Å²) in [5.41, 5.74) is 12.3. The van der Waals surface area contributed by atoms with Gasteiger partial charge in [0.15, 0.2) is 0 Å². The number of carbonyl (C=O) groups is 1. The van der Waals surface area contributed by atoms with Crippen molar-refractivity contribution in [3.05, 3.63) is 28.2 Å². The van der Waals surface area contributed by atoms with E-state index < -0.39 is 0 Å². The molecule has 0 aliphatic rings. The SMILES string of the molecule is CC(CC(N)=O)Nc1cc(Br)ccc1C(N)=S. The van der Waals surface area contributed by atoms with Gasteiger partial charge < -0.3 is 16.8 Å². The van der Waals surface area contributed by atoms with Crippen LogP contribution in [0, 0.1) is 0 Å². The van der Waals surface area contributed by atoms with E-state index in [1.165, 1.54) is 0 Å². The fourth-order valence-corrected chi connectivity index (χ4v) is 2.01. The molecule has 17 heavy (non-hydrogen) atoms. The van der Waals surface area contributed by atoms with Crippen LogP contribution in [0.5, 0.6) is 0 Å². The van der Waals surface area contributed by atoms with Gasteiger partial charge in [-0.05, 0) is 25.1 Å². The number of benzene rings is 1. The average Bonchev–Trinajstić information content (AvgIpc) is 2.15. The first-order chi connectivity index (χ1) is 7.90. The number of halogens is 1. The van der Waals surface area contributed by atoms with Gasteiger partial charge in [0.1, 0.15) is 4.99 Å². The first-order valence-electron chi connectivity index (χ1n) is 5.04. The van der Waals surface area contributed by atoms with Crippen molar-refractivity contribution in [1.29, 1.82) is 0 Å². The third kappa shape index (κ3) is 4.32. The van der Waals surface area contributed by atoms with Crippen molar-refractivity contribution in [2.24, 2.45) is 11.5 Å². The molecule has 0 saturated heterocycles. The molecule has 5 N–H and O–H groups in total. The average molecular weight is 316 g/mol. The van der Waals surface area contributed by atoms with Crippen molar-refractivity contribution >= 4 is 44.7 Å². The Balaban J connectivity index is 2.92. The predicted molar refractivity (Wildman–Crippen MR) is 76.9 cm³/mol. The van der Waals surface area contributed by atoms with Gasteiger partial charge in [-0.15, -0.1) is 0 Å². The molecular weight excluding hydrogens is 302 g/mol. The van der Waals surface area contributed by atoms with E-state index in [9.17, 15) is 4.79 Å². The number of hydrogen-bond acceptors (Lipinski definition) is 3. The highest BCUT2D eigenvalue weighted by molar-refractivity contribution is 9.10. The molecule has 0 aromatic heterocycles. The summed E-state index contributed by atoms with van der Waals surface area (Å²) in [5, 5.41) is 3.17. The lowest BCUT2D eigenvalue weighted by molar-refractivity contribution is -0.118. The Bertz CT molecular complexity index is 450. The molecule has 0 aliphatic carbocycles. The number of amides is 1. The van der Waals surface area contributed by atoms with Gasteiger partial charge in [-0.2, -0.15) is 0 Å². The van der Waals surface area contributed by atoms with Gasteiger partial charge in [-0.3, -0.25) is 4.79 Å². The third-order valence-electron chi connectivity index (χ3n) is 2.16. The number of anilines is 1. The minimum atomic E-state index is -0.350. The smallest absolute Gasteiger partial charge is 0.219 e. The molecule has 0 bridgehead atoms. The van der Waals surface area contributed by atoms with Gasteiger partial charge in [-0.25, -0.2) is 0 Å². The summed E-state index contributed by atoms with van der Waals surface area (Å²) < 4.78 is 0.909. The molecule has 0 aliphatic heterocycles. The van der Waals surface area contributed by atoms with Crippen molar-refractivity contribution in [2.45, 2.75) is 19.4 Å². The van der Waals surface area contributed by atoms with Crippen LogP contribution in [0.25, 0.3) is 0 Å². The lowest BCUT2D eigenvalue weighted by atomic mass is 10.1. The molecule has 0 spiro atoms. The van der Waals surface area contributed by atoms with Gasteiger partial charge in [0, 0.05) is 28.2 Å². The number of carbonyl (C=O) groups excluding carboxylic acids is 1. The van der Waals surface area contributed by atoms with Gasteiger partial charge in [0.2, 0.25) is 5.91 Å². The highest BCUT2D eigenvalue weighted by Gasteiger charge is 2.10. The summed E-state index contributed by atoms with van der Waals surface area (Å²) in [5.74, 6) is -0.350. The first-order valence-corrected chi connectivity index (χ1v) is 6.24. The second-order valence-corrected chi connectivity index (χ2v) is 5.13. The summed E-state index contributed by atoms with van der Waals surface area (Å²) >= 11 is 8.33. The predicted octanol–water partition coefficient (Wildman–Crippen LogP) is 1.76. The Labute approximate surface area is 114 Å². The standard InChI is InChI=1S/C11H14BrN3OS/c1-6(4-10(13)16)15-9-5-7(12)2-3-8(9)11(14)17/h2-3,5-6,15H,4H2,1H3,(H2,13,16)(H2,14,17). The van der Waals surface area contributed by atoms with E-state index in [4.69, 9.17) is 23.7 Å². The minimum absolute atomic E-state index is 0.0742. The number of primary amides is 1. The molecule has 1 unspecified atom stereocenters. The Morgan fingerprint density at radius 2 is 2.18 bits per heavy atom. The highest BCUT2D eigenvalue weighted by atomic mass is 79.9. The van der Waals surface area contributed by atoms with E-state index in [1.807, 2.05) is 25.1 Å². The van der Waals surface area contributed by atoms with Crippen LogP contribution < -0.4 is 16.8 Å². The van der Waals surface area contributed by atoms with Crippen LogP contribution in [-0.2, 0) is 4.79 Å². The first kappa shape index (κ1) is 13.9. The Hall–Kier alpha value is -1.14. The summed E-state index contributed by atoms with van der Waals surface area (Å²) in [4.78, 5) is 11.1. The molecule has 6 heteroatoms. The topological polar surface area (TPSA) is 81.1 Å². The van der Waals surface area contributed by atoms with Crippen LogP contribution in [-0.4, -0.2) is 16.9 Å². The van der Waals surface area contributed by atoms with E-state index in [1.54, 1.807) is 0 Å². The van der Waals surface area contributed by atoms with Crippen LogP contribution >= 0.6 is 28.1 Å². The van der Waals surface area contributed by atoms with Gasteiger partial charge in [0.25, 0.3) is 0 Å². The Morgan fingerprint density at radius 3 is 2.71 bits per heavy atom. The normalized spacial score (nSPS) is 11.9. The molecule has 0 heterocycles. The number of thiocarbonyl (C=S) groups is 1. The third-order valence-corrected chi connectivity index (χ3v) is 2.87. The van der Waals surface area contributed by atoms with Crippen molar-refractivity contribution in [3.63, 3.8) is 0 Å². The molecule has 1 aromatic rings. The largest absolute Gasteiger partial charge is 0.389 e. The highest BCUT2D eigenvalue weighted by Crippen LogP contribution is 2.22. The Kier molecular flexibility index (Phi) is 4.89. The summed E-state index contributed by atoms with van der Waals surface area (Å²) in [6.07, 6.45) is 0.253. The Morgan fingerprint density at radius 1 is 1.53 bits per heavy atom. The minimum Gasteiger partial charge on any atom is -0.389 e. The van der Waals surface area contributed by atoms with Gasteiger partial charge in [0.05, 0.1) is 0 Å². The van der Waals surface area contributed by atoms with Crippen LogP contribution in [0.1, 0.15) is 18.9 Å². The molecule has 0 radical (unpaired) electrons. The molecule has 4 nitrogen and oxygen atoms in total. The number of nitrogens with one attached hydrogen (secondary N) is 1. The fraction of sp³-hybridized carbons (Fsp3) is 0.273. The second kappa shape index (κ2) is 5.97. The summed E-state index contributed by atoms with van der Waals surface area (Å²) in [6.45, 7) is 1.87. The number of nitrogens with two attached hydrogens (primary N) is 2. The second-order valence-electron chi connectivity index (χ2n) is 3.77. The zero-order valence-corrected chi connectivity index (χ0v) is 11.8. The van der Waals surface area contributed by atoms with Crippen LogP contribution in [0.3, 0.4) is 0 Å². The monoisotopic (exact) mass is 315 g/mol.